The lowest BCUT2D eigenvalue weighted by Gasteiger charge is -2.07. The van der Waals surface area contributed by atoms with Crippen LogP contribution in [-0.4, -0.2) is 24.7 Å². The van der Waals surface area contributed by atoms with Crippen molar-refractivity contribution in [2.75, 3.05) is 13.7 Å². The molecule has 0 unspecified atom stereocenters. The molecular formula is C18H29Cl2NO3. The maximum absolute atomic E-state index is 10.7. The van der Waals surface area contributed by atoms with Crippen LogP contribution in [0, 0.1) is 0 Å². The lowest BCUT2D eigenvalue weighted by atomic mass is 10.1. The summed E-state index contributed by atoms with van der Waals surface area (Å²) in [6.45, 7) is 3.13. The molecule has 138 valence electrons. The molecule has 1 aromatic carbocycles. The molecular weight excluding hydrogens is 349 g/mol. The van der Waals surface area contributed by atoms with Crippen LogP contribution in [0.15, 0.2) is 12.1 Å². The van der Waals surface area contributed by atoms with E-state index < -0.39 is 5.97 Å². The van der Waals surface area contributed by atoms with Gasteiger partial charge in [0.1, 0.15) is 5.56 Å². The fourth-order valence-electron chi connectivity index (χ4n) is 2.21. The van der Waals surface area contributed by atoms with Crippen LogP contribution in [-0.2, 0) is 0 Å². The molecule has 4 nitrogen and oxygen atoms in total. The van der Waals surface area contributed by atoms with E-state index in [9.17, 15) is 4.79 Å². The summed E-state index contributed by atoms with van der Waals surface area (Å²) in [5.74, 6) is -1.08. The van der Waals surface area contributed by atoms with E-state index in [1.165, 1.54) is 70.6 Å². The number of benzene rings is 1. The van der Waals surface area contributed by atoms with E-state index in [0.717, 1.165) is 6.54 Å². The number of hydrogen-bond donors (Lipinski definition) is 2. The number of aromatic carboxylic acids is 1. The SMILES string of the molecule is CCCCCCCCCCN.COc1c(Cl)ccc(Cl)c1C(=O)O. The van der Waals surface area contributed by atoms with Gasteiger partial charge in [0.15, 0.2) is 5.75 Å². The van der Waals surface area contributed by atoms with Gasteiger partial charge in [-0.05, 0) is 25.1 Å². The van der Waals surface area contributed by atoms with Crippen LogP contribution < -0.4 is 10.5 Å². The molecule has 0 saturated carbocycles. The summed E-state index contributed by atoms with van der Waals surface area (Å²) in [5.41, 5.74) is 5.28. The summed E-state index contributed by atoms with van der Waals surface area (Å²) in [4.78, 5) is 10.7. The predicted octanol–water partition coefficient (Wildman–Crippen LogP) is 5.79. The number of hydrogen-bond acceptors (Lipinski definition) is 3. The van der Waals surface area contributed by atoms with Gasteiger partial charge in [0.25, 0.3) is 0 Å². The Morgan fingerprint density at radius 2 is 1.54 bits per heavy atom. The number of carbonyl (C=O) groups is 1. The Morgan fingerprint density at radius 3 is 1.96 bits per heavy atom. The molecule has 0 amide bonds. The summed E-state index contributed by atoms with van der Waals surface area (Å²) in [7, 11) is 1.34. The van der Waals surface area contributed by atoms with Crippen molar-refractivity contribution in [3.8, 4) is 5.75 Å². The topological polar surface area (TPSA) is 72.5 Å². The molecule has 0 bridgehead atoms. The van der Waals surface area contributed by atoms with Crippen LogP contribution in [0.1, 0.15) is 68.6 Å². The third kappa shape index (κ3) is 9.36. The molecule has 0 saturated heterocycles. The molecule has 0 aliphatic rings. The summed E-state index contributed by atoms with van der Waals surface area (Å²) in [5, 5.41) is 9.11. The van der Waals surface area contributed by atoms with Crippen molar-refractivity contribution in [1.29, 1.82) is 0 Å². The van der Waals surface area contributed by atoms with Gasteiger partial charge in [-0.3, -0.25) is 0 Å². The first-order chi connectivity index (χ1) is 11.5. The predicted molar refractivity (Wildman–Crippen MR) is 102 cm³/mol. The lowest BCUT2D eigenvalue weighted by Crippen LogP contribution is -2.01. The summed E-state index contributed by atoms with van der Waals surface area (Å²) in [6, 6.07) is 2.89. The van der Waals surface area contributed by atoms with Crippen molar-refractivity contribution in [3.63, 3.8) is 0 Å². The van der Waals surface area contributed by atoms with Crippen molar-refractivity contribution < 1.29 is 14.6 Å². The zero-order valence-corrected chi connectivity index (χ0v) is 16.1. The minimum absolute atomic E-state index is 0.0849. The molecule has 0 fully saturated rings. The molecule has 0 radical (unpaired) electrons. The second-order valence-corrected chi connectivity index (χ2v) is 6.32. The minimum atomic E-state index is -1.16. The Hall–Kier alpha value is -0.970. The van der Waals surface area contributed by atoms with Crippen LogP contribution in [0.5, 0.6) is 5.75 Å². The second-order valence-electron chi connectivity index (χ2n) is 5.51. The van der Waals surface area contributed by atoms with Gasteiger partial charge in [0.2, 0.25) is 0 Å². The lowest BCUT2D eigenvalue weighted by molar-refractivity contribution is 0.0693. The van der Waals surface area contributed by atoms with Gasteiger partial charge < -0.3 is 15.6 Å². The molecule has 24 heavy (non-hydrogen) atoms. The highest BCUT2D eigenvalue weighted by atomic mass is 35.5. The van der Waals surface area contributed by atoms with Crippen LogP contribution in [0.25, 0.3) is 0 Å². The van der Waals surface area contributed by atoms with Crippen molar-refractivity contribution in [2.45, 2.75) is 58.3 Å². The molecule has 1 rings (SSSR count). The Kier molecular flexibility index (Phi) is 13.8. The third-order valence-electron chi connectivity index (χ3n) is 3.53. The number of carboxylic acids is 1. The number of methoxy groups -OCH3 is 1. The van der Waals surface area contributed by atoms with Gasteiger partial charge in [0.05, 0.1) is 17.2 Å². The van der Waals surface area contributed by atoms with Crippen molar-refractivity contribution in [3.05, 3.63) is 27.7 Å². The van der Waals surface area contributed by atoms with Crippen LogP contribution in [0.2, 0.25) is 10.0 Å². The van der Waals surface area contributed by atoms with Crippen LogP contribution in [0.3, 0.4) is 0 Å². The number of rotatable bonds is 10. The molecule has 6 heteroatoms. The molecule has 1 aromatic rings. The monoisotopic (exact) mass is 377 g/mol. The number of carboxylic acid groups (broad SMARTS) is 1. The fourth-order valence-corrected chi connectivity index (χ4v) is 2.67. The molecule has 3 N–H and O–H groups in total. The zero-order valence-electron chi connectivity index (χ0n) is 14.6. The standard InChI is InChI=1S/C10H23N.C8H6Cl2O3/c1-2-3-4-5-6-7-8-9-10-11;1-13-7-5(10)3-2-4(9)6(7)8(11)12/h2-11H2,1H3;2-3H,1H3,(H,11,12). The summed E-state index contributed by atoms with van der Waals surface area (Å²) >= 11 is 11.4. The molecule has 0 aliphatic heterocycles. The highest BCUT2D eigenvalue weighted by molar-refractivity contribution is 6.36. The quantitative estimate of drug-likeness (QED) is 0.506. The van der Waals surface area contributed by atoms with E-state index in [2.05, 4.69) is 6.92 Å². The third-order valence-corrected chi connectivity index (χ3v) is 4.15. The number of halogens is 2. The van der Waals surface area contributed by atoms with E-state index in [4.69, 9.17) is 38.8 Å². The minimum Gasteiger partial charge on any atom is -0.494 e. The van der Waals surface area contributed by atoms with E-state index >= 15 is 0 Å². The maximum atomic E-state index is 10.7. The molecule has 0 spiro atoms. The van der Waals surface area contributed by atoms with E-state index in [-0.39, 0.29) is 21.4 Å². The van der Waals surface area contributed by atoms with Crippen molar-refractivity contribution >= 4 is 29.2 Å². The van der Waals surface area contributed by atoms with Gasteiger partial charge in [-0.15, -0.1) is 0 Å². The molecule has 0 aromatic heterocycles. The first-order valence-electron chi connectivity index (χ1n) is 8.44. The number of ether oxygens (including phenoxy) is 1. The Labute approximate surface area is 155 Å². The normalized spacial score (nSPS) is 10.0. The summed E-state index contributed by atoms with van der Waals surface area (Å²) < 4.78 is 4.82. The van der Waals surface area contributed by atoms with Crippen molar-refractivity contribution in [2.24, 2.45) is 5.73 Å². The molecule has 0 aliphatic carbocycles. The van der Waals surface area contributed by atoms with Gasteiger partial charge >= 0.3 is 5.97 Å². The first-order valence-corrected chi connectivity index (χ1v) is 9.20. The second kappa shape index (κ2) is 14.4. The van der Waals surface area contributed by atoms with E-state index in [0.29, 0.717) is 0 Å². The van der Waals surface area contributed by atoms with Gasteiger partial charge in [-0.25, -0.2) is 4.79 Å². The maximum Gasteiger partial charge on any atom is 0.341 e. The van der Waals surface area contributed by atoms with Gasteiger partial charge in [-0.1, -0.05) is 75.1 Å². The van der Waals surface area contributed by atoms with Gasteiger partial charge in [-0.2, -0.15) is 0 Å². The zero-order chi connectivity index (χ0) is 18.4. The Bertz CT molecular complexity index is 474. The van der Waals surface area contributed by atoms with Crippen molar-refractivity contribution in [1.82, 2.24) is 0 Å². The average molecular weight is 378 g/mol. The number of unbranched alkanes of at least 4 members (excludes halogenated alkanes) is 7. The Morgan fingerprint density at radius 1 is 1.04 bits per heavy atom. The highest BCUT2D eigenvalue weighted by Crippen LogP contribution is 2.33. The first kappa shape index (κ1) is 23.0. The smallest absolute Gasteiger partial charge is 0.341 e. The van der Waals surface area contributed by atoms with E-state index in [1.807, 2.05) is 0 Å². The molecule has 0 heterocycles. The van der Waals surface area contributed by atoms with Crippen LogP contribution in [0.4, 0.5) is 0 Å². The fraction of sp³-hybridized carbons (Fsp3) is 0.611. The Balaban J connectivity index is 0.000000449. The van der Waals surface area contributed by atoms with Crippen LogP contribution >= 0.6 is 23.2 Å². The highest BCUT2D eigenvalue weighted by Gasteiger charge is 2.17. The largest absolute Gasteiger partial charge is 0.494 e. The number of nitrogens with two attached hydrogens (primary N) is 1. The van der Waals surface area contributed by atoms with E-state index in [1.54, 1.807) is 0 Å². The molecule has 0 atom stereocenters. The summed E-state index contributed by atoms with van der Waals surface area (Å²) in [6.07, 6.45) is 11.0. The average Bonchev–Trinajstić information content (AvgIpc) is 2.56. The van der Waals surface area contributed by atoms with Gasteiger partial charge in [0, 0.05) is 0 Å².